The number of hydrogen-bond acceptors (Lipinski definition) is 4. The third-order valence-corrected chi connectivity index (χ3v) is 4.87. The van der Waals surface area contributed by atoms with Gasteiger partial charge in [-0.25, -0.2) is 4.98 Å². The van der Waals surface area contributed by atoms with Crippen LogP contribution < -0.4 is 10.6 Å². The summed E-state index contributed by atoms with van der Waals surface area (Å²) in [7, 11) is 1.80. The third kappa shape index (κ3) is 7.68. The van der Waals surface area contributed by atoms with Gasteiger partial charge < -0.3 is 10.6 Å². The van der Waals surface area contributed by atoms with Crippen molar-refractivity contribution in [3.8, 4) is 0 Å². The molecule has 2 N–H and O–H groups in total. The molecule has 0 aliphatic carbocycles. The molecule has 0 aliphatic rings. The predicted octanol–water partition coefficient (Wildman–Crippen LogP) is 2.92. The molecule has 20 heavy (non-hydrogen) atoms. The number of nitrogens with one attached hydrogen (secondary N) is 2. The van der Waals surface area contributed by atoms with Crippen molar-refractivity contribution >= 4 is 53.0 Å². The zero-order valence-corrected chi connectivity index (χ0v) is 16.8. The first-order valence-electron chi connectivity index (χ1n) is 6.37. The quantitative estimate of drug-likeness (QED) is 0.416. The standard InChI is InChI=1S/C13H24N4S2.HI/c1-10-17-11(8-19-10)6-7-15-12(14-4)16-9-13(2,3)18-5;/h8H,6-7,9H2,1-5H3,(H2,14,15,16);1H. The number of thioether (sulfide) groups is 1. The molecule has 0 bridgehead atoms. The molecule has 1 heterocycles. The lowest BCUT2D eigenvalue weighted by atomic mass is 10.2. The van der Waals surface area contributed by atoms with Gasteiger partial charge in [-0.2, -0.15) is 11.8 Å². The number of nitrogens with zero attached hydrogens (tertiary/aromatic N) is 2. The minimum Gasteiger partial charge on any atom is -0.356 e. The molecule has 0 aliphatic heterocycles. The molecule has 0 spiro atoms. The van der Waals surface area contributed by atoms with Gasteiger partial charge in [0.25, 0.3) is 0 Å². The normalized spacial score (nSPS) is 11.9. The molecule has 0 fully saturated rings. The number of thiazole rings is 1. The molecule has 0 unspecified atom stereocenters. The van der Waals surface area contributed by atoms with Crippen molar-refractivity contribution in [3.05, 3.63) is 16.1 Å². The first kappa shape index (κ1) is 20.0. The second-order valence-electron chi connectivity index (χ2n) is 4.92. The molecule has 0 radical (unpaired) electrons. The Morgan fingerprint density at radius 3 is 2.65 bits per heavy atom. The monoisotopic (exact) mass is 428 g/mol. The van der Waals surface area contributed by atoms with E-state index in [0.717, 1.165) is 36.2 Å². The summed E-state index contributed by atoms with van der Waals surface area (Å²) in [4.78, 5) is 8.68. The van der Waals surface area contributed by atoms with E-state index in [0.29, 0.717) is 0 Å². The number of aryl methyl sites for hydroxylation is 1. The zero-order valence-electron chi connectivity index (χ0n) is 12.8. The molecular weight excluding hydrogens is 403 g/mol. The summed E-state index contributed by atoms with van der Waals surface area (Å²) in [6, 6.07) is 0. The van der Waals surface area contributed by atoms with Gasteiger partial charge in [-0.15, -0.1) is 35.3 Å². The van der Waals surface area contributed by atoms with Crippen molar-refractivity contribution in [2.45, 2.75) is 31.9 Å². The van der Waals surface area contributed by atoms with Gasteiger partial charge in [-0.05, 0) is 27.0 Å². The van der Waals surface area contributed by atoms with Gasteiger partial charge >= 0.3 is 0 Å². The Kier molecular flexibility index (Phi) is 9.82. The van der Waals surface area contributed by atoms with Gasteiger partial charge in [-0.3, -0.25) is 4.99 Å². The van der Waals surface area contributed by atoms with E-state index in [2.05, 4.69) is 46.1 Å². The highest BCUT2D eigenvalue weighted by Gasteiger charge is 2.15. The van der Waals surface area contributed by atoms with E-state index >= 15 is 0 Å². The Hall–Kier alpha value is -0.0200. The minimum absolute atomic E-state index is 0. The van der Waals surface area contributed by atoms with Gasteiger partial charge in [0.05, 0.1) is 10.7 Å². The molecule has 0 saturated heterocycles. The second kappa shape index (κ2) is 9.83. The van der Waals surface area contributed by atoms with Gasteiger partial charge in [-0.1, -0.05) is 0 Å². The van der Waals surface area contributed by atoms with Crippen LogP contribution in [0.1, 0.15) is 24.5 Å². The summed E-state index contributed by atoms with van der Waals surface area (Å²) in [5.41, 5.74) is 1.15. The second-order valence-corrected chi connectivity index (χ2v) is 7.50. The molecular formula is C13H25IN4S2. The Morgan fingerprint density at radius 1 is 1.45 bits per heavy atom. The van der Waals surface area contributed by atoms with Crippen molar-refractivity contribution in [2.75, 3.05) is 26.4 Å². The molecule has 0 aromatic carbocycles. The lowest BCUT2D eigenvalue weighted by Gasteiger charge is -2.23. The predicted molar refractivity (Wildman–Crippen MR) is 103 cm³/mol. The van der Waals surface area contributed by atoms with Crippen LogP contribution in [0.2, 0.25) is 0 Å². The maximum absolute atomic E-state index is 4.45. The molecule has 1 aromatic heterocycles. The average Bonchev–Trinajstić information content (AvgIpc) is 2.79. The molecule has 7 heteroatoms. The average molecular weight is 428 g/mol. The van der Waals surface area contributed by atoms with Crippen LogP contribution in [-0.2, 0) is 6.42 Å². The molecule has 1 rings (SSSR count). The Morgan fingerprint density at radius 2 is 2.15 bits per heavy atom. The topological polar surface area (TPSA) is 49.3 Å². The fourth-order valence-corrected chi connectivity index (χ4v) is 2.29. The number of hydrogen-bond donors (Lipinski definition) is 2. The fourth-order valence-electron chi connectivity index (χ4n) is 1.42. The van der Waals surface area contributed by atoms with E-state index in [1.54, 1.807) is 18.4 Å². The zero-order chi connectivity index (χ0) is 14.3. The van der Waals surface area contributed by atoms with E-state index in [-0.39, 0.29) is 28.7 Å². The Balaban J connectivity index is 0.00000361. The summed E-state index contributed by atoms with van der Waals surface area (Å²) in [5, 5.41) is 9.91. The lowest BCUT2D eigenvalue weighted by molar-refractivity contribution is 0.663. The summed E-state index contributed by atoms with van der Waals surface area (Å²) < 4.78 is 0.212. The minimum atomic E-state index is 0. The molecule has 4 nitrogen and oxygen atoms in total. The van der Waals surface area contributed by atoms with Crippen LogP contribution in [0, 0.1) is 6.92 Å². The summed E-state index contributed by atoms with van der Waals surface area (Å²) in [5.74, 6) is 0.856. The van der Waals surface area contributed by atoms with Crippen LogP contribution in [0.4, 0.5) is 0 Å². The fraction of sp³-hybridized carbons (Fsp3) is 0.692. The number of rotatable bonds is 6. The molecule has 0 atom stereocenters. The first-order chi connectivity index (χ1) is 8.96. The lowest BCUT2D eigenvalue weighted by Crippen LogP contribution is -2.43. The number of aliphatic imine (C=N–C) groups is 1. The van der Waals surface area contributed by atoms with E-state index < -0.39 is 0 Å². The number of guanidine groups is 1. The van der Waals surface area contributed by atoms with Crippen LogP contribution >= 0.6 is 47.1 Å². The Bertz CT molecular complexity index is 418. The first-order valence-corrected chi connectivity index (χ1v) is 8.48. The maximum Gasteiger partial charge on any atom is 0.191 e. The van der Waals surface area contributed by atoms with Crippen molar-refractivity contribution in [3.63, 3.8) is 0 Å². The number of halogens is 1. The largest absolute Gasteiger partial charge is 0.356 e. The summed E-state index contributed by atoms with van der Waals surface area (Å²) in [6.45, 7) is 8.21. The SMILES string of the molecule is CN=C(NCCc1csc(C)n1)NCC(C)(C)SC.I. The van der Waals surface area contributed by atoms with Crippen molar-refractivity contribution in [2.24, 2.45) is 4.99 Å². The van der Waals surface area contributed by atoms with Gasteiger partial charge in [0, 0.05) is 36.7 Å². The summed E-state index contributed by atoms with van der Waals surface area (Å²) >= 11 is 3.55. The summed E-state index contributed by atoms with van der Waals surface area (Å²) in [6.07, 6.45) is 3.05. The Labute approximate surface area is 147 Å². The van der Waals surface area contributed by atoms with Gasteiger partial charge in [0.2, 0.25) is 0 Å². The maximum atomic E-state index is 4.45. The van der Waals surface area contributed by atoms with Gasteiger partial charge in [0.15, 0.2) is 5.96 Å². The van der Waals surface area contributed by atoms with Crippen molar-refractivity contribution in [1.82, 2.24) is 15.6 Å². The van der Waals surface area contributed by atoms with Gasteiger partial charge in [0.1, 0.15) is 0 Å². The van der Waals surface area contributed by atoms with Crippen LogP contribution in [0.5, 0.6) is 0 Å². The van der Waals surface area contributed by atoms with Crippen LogP contribution in [0.3, 0.4) is 0 Å². The molecule has 0 saturated carbocycles. The van der Waals surface area contributed by atoms with E-state index in [1.165, 1.54) is 0 Å². The highest BCUT2D eigenvalue weighted by atomic mass is 127. The van der Waals surface area contributed by atoms with Crippen molar-refractivity contribution < 1.29 is 0 Å². The highest BCUT2D eigenvalue weighted by Crippen LogP contribution is 2.19. The third-order valence-electron chi connectivity index (χ3n) is 2.80. The molecule has 1 aromatic rings. The highest BCUT2D eigenvalue weighted by molar-refractivity contribution is 14.0. The van der Waals surface area contributed by atoms with Crippen LogP contribution in [0.25, 0.3) is 0 Å². The van der Waals surface area contributed by atoms with Crippen LogP contribution in [-0.4, -0.2) is 42.1 Å². The van der Waals surface area contributed by atoms with E-state index in [9.17, 15) is 0 Å². The van der Waals surface area contributed by atoms with Crippen LogP contribution in [0.15, 0.2) is 10.4 Å². The van der Waals surface area contributed by atoms with E-state index in [1.807, 2.05) is 18.7 Å². The molecule has 0 amide bonds. The number of aromatic nitrogens is 1. The van der Waals surface area contributed by atoms with E-state index in [4.69, 9.17) is 0 Å². The smallest absolute Gasteiger partial charge is 0.191 e. The van der Waals surface area contributed by atoms with Crippen molar-refractivity contribution in [1.29, 1.82) is 0 Å². The molecule has 116 valence electrons.